The van der Waals surface area contributed by atoms with Crippen LogP contribution in [0.4, 0.5) is 14.6 Å². The van der Waals surface area contributed by atoms with Crippen molar-refractivity contribution < 1.29 is 18.7 Å². The first-order valence-corrected chi connectivity index (χ1v) is 10.5. The molecule has 0 bridgehead atoms. The largest absolute Gasteiger partial charge is 0.388 e. The quantitative estimate of drug-likeness (QED) is 0.416. The Bertz CT molecular complexity index is 1370. The fourth-order valence-corrected chi connectivity index (χ4v) is 4.04. The average Bonchev–Trinajstić information content (AvgIpc) is 3.11. The van der Waals surface area contributed by atoms with Gasteiger partial charge in [0.1, 0.15) is 12.0 Å². The van der Waals surface area contributed by atoms with E-state index in [0.29, 0.717) is 27.8 Å². The number of benzene rings is 1. The molecule has 1 amide bonds. The standard InChI is InChI=1S/C21H19ClF2N6O2/c1-8(2)20(31)16-18(24)17(22)15(10-4-26-29-19(10)16)12-6-30-7-13(27-14(30)5-25-12)28-21(32)9-3-11(9)23/h4-9,11,20,31H,3H2,1-2H3,(H,26,29)(H,28,32)/t9-,11+,20?/m1/s1. The maximum Gasteiger partial charge on any atom is 0.231 e. The number of amides is 1. The van der Waals surface area contributed by atoms with Gasteiger partial charge in [-0.05, 0) is 12.3 Å². The molecule has 1 saturated carbocycles. The number of hydrogen-bond donors (Lipinski definition) is 3. The highest BCUT2D eigenvalue weighted by atomic mass is 35.5. The number of aromatic amines is 1. The van der Waals surface area contributed by atoms with E-state index in [9.17, 15) is 14.3 Å². The van der Waals surface area contributed by atoms with E-state index in [-0.39, 0.29) is 28.7 Å². The van der Waals surface area contributed by atoms with E-state index in [4.69, 9.17) is 11.6 Å². The van der Waals surface area contributed by atoms with Gasteiger partial charge in [-0.2, -0.15) is 5.10 Å². The highest BCUT2D eigenvalue weighted by Crippen LogP contribution is 2.41. The van der Waals surface area contributed by atoms with Gasteiger partial charge in [0.25, 0.3) is 0 Å². The van der Waals surface area contributed by atoms with E-state index < -0.39 is 29.9 Å². The molecular weight excluding hydrogens is 442 g/mol. The molecule has 5 rings (SSSR count). The van der Waals surface area contributed by atoms with E-state index >= 15 is 4.39 Å². The van der Waals surface area contributed by atoms with Gasteiger partial charge in [-0.3, -0.25) is 14.9 Å². The molecule has 0 radical (unpaired) electrons. The fourth-order valence-electron chi connectivity index (χ4n) is 3.74. The van der Waals surface area contributed by atoms with Gasteiger partial charge in [-0.25, -0.2) is 13.8 Å². The minimum Gasteiger partial charge on any atom is -0.388 e. The van der Waals surface area contributed by atoms with Crippen LogP contribution < -0.4 is 5.32 Å². The van der Waals surface area contributed by atoms with Crippen LogP contribution in [0.15, 0.2) is 24.8 Å². The summed E-state index contributed by atoms with van der Waals surface area (Å²) in [6.45, 7) is 3.55. The third-order valence-corrected chi connectivity index (χ3v) is 6.01. The third kappa shape index (κ3) is 3.30. The number of aliphatic hydroxyl groups is 1. The van der Waals surface area contributed by atoms with Crippen LogP contribution >= 0.6 is 11.6 Å². The van der Waals surface area contributed by atoms with Gasteiger partial charge in [0.15, 0.2) is 11.5 Å². The summed E-state index contributed by atoms with van der Waals surface area (Å²) in [5.74, 6) is -1.78. The Hall–Kier alpha value is -3.11. The molecule has 32 heavy (non-hydrogen) atoms. The summed E-state index contributed by atoms with van der Waals surface area (Å²) < 4.78 is 30.0. The van der Waals surface area contributed by atoms with Gasteiger partial charge in [0.05, 0.1) is 46.8 Å². The lowest BCUT2D eigenvalue weighted by atomic mass is 9.94. The van der Waals surface area contributed by atoms with E-state index in [1.807, 2.05) is 0 Å². The third-order valence-electron chi connectivity index (χ3n) is 5.65. The van der Waals surface area contributed by atoms with E-state index in [2.05, 4.69) is 25.5 Å². The number of carbonyl (C=O) groups is 1. The lowest BCUT2D eigenvalue weighted by Gasteiger charge is -2.19. The second-order valence-corrected chi connectivity index (χ2v) is 8.65. The van der Waals surface area contributed by atoms with Gasteiger partial charge >= 0.3 is 0 Å². The number of nitrogens with one attached hydrogen (secondary N) is 2. The van der Waals surface area contributed by atoms with Crippen molar-refractivity contribution >= 4 is 39.9 Å². The van der Waals surface area contributed by atoms with E-state index in [0.717, 1.165) is 0 Å². The molecule has 0 saturated heterocycles. The molecule has 0 spiro atoms. The SMILES string of the molecule is CC(C)C(O)c1c(F)c(Cl)c(-c2cn3cc(NC(=O)[C@@H]4C[C@@H]4F)nc3cn2)c2cn[nH]c12. The summed E-state index contributed by atoms with van der Waals surface area (Å²) >= 11 is 6.41. The van der Waals surface area contributed by atoms with Crippen LogP contribution in [-0.4, -0.2) is 41.8 Å². The Morgan fingerprint density at radius 1 is 1.38 bits per heavy atom. The second kappa shape index (κ2) is 7.49. The number of aliphatic hydroxyl groups excluding tert-OH is 1. The zero-order valence-electron chi connectivity index (χ0n) is 17.1. The van der Waals surface area contributed by atoms with Crippen molar-refractivity contribution in [2.75, 3.05) is 5.32 Å². The molecule has 1 fully saturated rings. The number of carbonyl (C=O) groups excluding carboxylic acids is 1. The average molecular weight is 461 g/mol. The van der Waals surface area contributed by atoms with Crippen LogP contribution in [0, 0.1) is 17.7 Å². The van der Waals surface area contributed by atoms with E-state index in [1.165, 1.54) is 12.4 Å². The molecule has 4 aromatic rings. The number of imidazole rings is 1. The maximum atomic E-state index is 15.3. The van der Waals surface area contributed by atoms with Crippen LogP contribution in [-0.2, 0) is 4.79 Å². The van der Waals surface area contributed by atoms with Gasteiger partial charge in [0.2, 0.25) is 5.91 Å². The minimum atomic E-state index is -1.10. The Kier molecular flexibility index (Phi) is 4.86. The van der Waals surface area contributed by atoms with Crippen LogP contribution in [0.3, 0.4) is 0 Å². The number of anilines is 1. The number of alkyl halides is 1. The lowest BCUT2D eigenvalue weighted by Crippen LogP contribution is -2.15. The lowest BCUT2D eigenvalue weighted by molar-refractivity contribution is -0.117. The highest BCUT2D eigenvalue weighted by Gasteiger charge is 2.43. The zero-order valence-corrected chi connectivity index (χ0v) is 17.9. The van der Waals surface area contributed by atoms with Gasteiger partial charge in [-0.1, -0.05) is 25.4 Å². The molecule has 11 heteroatoms. The number of rotatable bonds is 5. The van der Waals surface area contributed by atoms with Crippen molar-refractivity contribution in [3.8, 4) is 11.3 Å². The Balaban J connectivity index is 1.58. The monoisotopic (exact) mass is 460 g/mol. The van der Waals surface area contributed by atoms with Crippen LogP contribution in [0.2, 0.25) is 5.02 Å². The van der Waals surface area contributed by atoms with Gasteiger partial charge < -0.3 is 14.8 Å². The smallest absolute Gasteiger partial charge is 0.231 e. The van der Waals surface area contributed by atoms with Crippen molar-refractivity contribution in [3.05, 3.63) is 41.2 Å². The molecule has 1 aromatic carbocycles. The maximum absolute atomic E-state index is 15.3. The zero-order chi connectivity index (χ0) is 22.7. The topological polar surface area (TPSA) is 108 Å². The number of aromatic nitrogens is 5. The van der Waals surface area contributed by atoms with Crippen molar-refractivity contribution in [1.29, 1.82) is 0 Å². The summed E-state index contributed by atoms with van der Waals surface area (Å²) in [4.78, 5) is 20.6. The first-order chi connectivity index (χ1) is 15.3. The number of nitrogens with zero attached hydrogens (tertiary/aromatic N) is 4. The summed E-state index contributed by atoms with van der Waals surface area (Å²) in [6, 6.07) is 0. The number of H-pyrrole nitrogens is 1. The predicted octanol–water partition coefficient (Wildman–Crippen LogP) is 4.05. The Morgan fingerprint density at radius 2 is 2.12 bits per heavy atom. The van der Waals surface area contributed by atoms with Crippen molar-refractivity contribution in [2.45, 2.75) is 32.5 Å². The molecule has 8 nitrogen and oxygen atoms in total. The summed E-state index contributed by atoms with van der Waals surface area (Å²) in [5, 5.41) is 20.2. The molecule has 1 unspecified atom stereocenters. The Labute approximate surface area is 185 Å². The molecule has 3 N–H and O–H groups in total. The molecule has 3 heterocycles. The second-order valence-electron chi connectivity index (χ2n) is 8.28. The molecule has 3 aromatic heterocycles. The summed E-state index contributed by atoms with van der Waals surface area (Å²) in [5.41, 5.74) is 1.49. The van der Waals surface area contributed by atoms with Crippen LogP contribution in [0.5, 0.6) is 0 Å². The van der Waals surface area contributed by atoms with Gasteiger partial charge in [0, 0.05) is 22.7 Å². The van der Waals surface area contributed by atoms with E-state index in [1.54, 1.807) is 30.6 Å². The molecule has 0 aliphatic heterocycles. The van der Waals surface area contributed by atoms with Crippen molar-refractivity contribution in [3.63, 3.8) is 0 Å². The minimum absolute atomic E-state index is 0.0567. The van der Waals surface area contributed by atoms with Crippen molar-refractivity contribution in [2.24, 2.45) is 11.8 Å². The summed E-state index contributed by atoms with van der Waals surface area (Å²) in [6.07, 6.45) is 4.15. The molecule has 1 aliphatic carbocycles. The molecule has 166 valence electrons. The first kappa shape index (κ1) is 20.8. The highest BCUT2D eigenvalue weighted by molar-refractivity contribution is 6.35. The molecule has 1 aliphatic rings. The molecule has 3 atom stereocenters. The van der Waals surface area contributed by atoms with Crippen LogP contribution in [0.1, 0.15) is 31.9 Å². The number of halogens is 3. The van der Waals surface area contributed by atoms with Gasteiger partial charge in [-0.15, -0.1) is 0 Å². The molecular formula is C21H19ClF2N6O2. The number of fused-ring (bicyclic) bond motifs is 2. The van der Waals surface area contributed by atoms with Crippen LogP contribution in [0.25, 0.3) is 27.8 Å². The normalized spacial score (nSPS) is 19.1. The van der Waals surface area contributed by atoms with Crippen molar-refractivity contribution in [1.82, 2.24) is 24.6 Å². The first-order valence-electron chi connectivity index (χ1n) is 10.1. The predicted molar refractivity (Wildman–Crippen MR) is 114 cm³/mol. The Morgan fingerprint density at radius 3 is 2.81 bits per heavy atom. The number of hydrogen-bond acceptors (Lipinski definition) is 5. The summed E-state index contributed by atoms with van der Waals surface area (Å²) in [7, 11) is 0. The fraction of sp³-hybridized carbons (Fsp3) is 0.333.